The topological polar surface area (TPSA) is 61.4 Å². The Kier molecular flexibility index (Phi) is 6.32. The molecule has 1 heterocycles. The highest BCUT2D eigenvalue weighted by Gasteiger charge is 2.35. The van der Waals surface area contributed by atoms with Crippen molar-refractivity contribution >= 4 is 17.5 Å². The van der Waals surface area contributed by atoms with Crippen LogP contribution in [0.2, 0.25) is 0 Å². The second-order valence-electron chi connectivity index (χ2n) is 7.70. The number of amides is 2. The van der Waals surface area contributed by atoms with Gasteiger partial charge in [0.15, 0.2) is 0 Å². The summed E-state index contributed by atoms with van der Waals surface area (Å²) in [4.78, 5) is 27.1. The van der Waals surface area contributed by atoms with Gasteiger partial charge in [-0.1, -0.05) is 55.5 Å². The van der Waals surface area contributed by atoms with Crippen molar-refractivity contribution in [2.45, 2.75) is 25.9 Å². The van der Waals surface area contributed by atoms with Crippen molar-refractivity contribution in [3.05, 3.63) is 101 Å². The fourth-order valence-corrected chi connectivity index (χ4v) is 3.94. The number of hydrogen-bond acceptors (Lipinski definition) is 3. The van der Waals surface area contributed by atoms with Crippen molar-refractivity contribution in [2.75, 3.05) is 18.4 Å². The smallest absolute Gasteiger partial charge is 0.256 e. The van der Waals surface area contributed by atoms with Crippen molar-refractivity contribution in [1.82, 2.24) is 10.2 Å². The molecule has 0 saturated carbocycles. The third kappa shape index (κ3) is 4.61. The Morgan fingerprint density at radius 2 is 1.65 bits per heavy atom. The Bertz CT molecular complexity index is 1050. The van der Waals surface area contributed by atoms with Gasteiger partial charge >= 0.3 is 0 Å². The van der Waals surface area contributed by atoms with E-state index >= 15 is 0 Å². The zero-order valence-corrected chi connectivity index (χ0v) is 17.7. The number of rotatable bonds is 8. The third-order valence-electron chi connectivity index (χ3n) is 5.52. The van der Waals surface area contributed by atoms with Gasteiger partial charge in [-0.05, 0) is 48.7 Å². The lowest BCUT2D eigenvalue weighted by Crippen LogP contribution is -2.33. The number of carbonyl (C=O) groups is 2. The van der Waals surface area contributed by atoms with Gasteiger partial charge in [0.1, 0.15) is 6.17 Å². The van der Waals surface area contributed by atoms with Crippen LogP contribution in [0.15, 0.2) is 78.9 Å². The predicted octanol–water partition coefficient (Wildman–Crippen LogP) is 4.64. The lowest BCUT2D eigenvalue weighted by Gasteiger charge is -2.26. The van der Waals surface area contributed by atoms with Gasteiger partial charge < -0.3 is 15.5 Å². The molecule has 3 aromatic rings. The highest BCUT2D eigenvalue weighted by atomic mass is 16.2. The highest BCUT2D eigenvalue weighted by Crippen LogP contribution is 2.34. The van der Waals surface area contributed by atoms with Gasteiger partial charge in [0.25, 0.3) is 11.8 Å². The van der Waals surface area contributed by atoms with Crippen LogP contribution < -0.4 is 10.6 Å². The van der Waals surface area contributed by atoms with E-state index in [2.05, 4.69) is 29.7 Å². The molecule has 158 valence electrons. The molecule has 2 N–H and O–H groups in total. The van der Waals surface area contributed by atoms with E-state index in [-0.39, 0.29) is 18.0 Å². The molecule has 1 aliphatic rings. The largest absolute Gasteiger partial charge is 0.361 e. The number of hydrogen-bond donors (Lipinski definition) is 2. The van der Waals surface area contributed by atoms with Crippen LogP contribution in [0, 0.1) is 0 Å². The lowest BCUT2D eigenvalue weighted by atomic mass is 10.1. The Morgan fingerprint density at radius 3 is 2.39 bits per heavy atom. The van der Waals surface area contributed by atoms with Crippen LogP contribution in [0.25, 0.3) is 0 Å². The Labute approximate surface area is 183 Å². The van der Waals surface area contributed by atoms with Crippen molar-refractivity contribution in [3.8, 4) is 0 Å². The first kappa shape index (κ1) is 20.7. The minimum Gasteiger partial charge on any atom is -0.361 e. The number of nitrogens with zero attached hydrogens (tertiary/aromatic N) is 1. The number of carbonyl (C=O) groups excluding carboxylic acids is 2. The second-order valence-corrected chi connectivity index (χ2v) is 7.70. The molecule has 1 aliphatic heterocycles. The molecular formula is C26H27N3O2. The van der Waals surface area contributed by atoms with Gasteiger partial charge in [-0.15, -0.1) is 0 Å². The molecule has 0 aliphatic carbocycles. The highest BCUT2D eigenvalue weighted by molar-refractivity contribution is 5.99. The van der Waals surface area contributed by atoms with Gasteiger partial charge in [-0.25, -0.2) is 0 Å². The fraction of sp³-hybridized carbons (Fsp3) is 0.231. The van der Waals surface area contributed by atoms with E-state index in [4.69, 9.17) is 0 Å². The third-order valence-corrected chi connectivity index (χ3v) is 5.52. The van der Waals surface area contributed by atoms with Gasteiger partial charge in [0.2, 0.25) is 0 Å². The average Bonchev–Trinajstić information content (AvgIpc) is 3.07. The average molecular weight is 414 g/mol. The van der Waals surface area contributed by atoms with Crippen LogP contribution in [-0.4, -0.2) is 29.8 Å². The lowest BCUT2D eigenvalue weighted by molar-refractivity contribution is 0.0743. The summed E-state index contributed by atoms with van der Waals surface area (Å²) in [5, 5.41) is 6.44. The second kappa shape index (κ2) is 9.47. The molecule has 5 heteroatoms. The van der Waals surface area contributed by atoms with Crippen molar-refractivity contribution in [1.29, 1.82) is 0 Å². The summed E-state index contributed by atoms with van der Waals surface area (Å²) in [5.74, 6) is -0.0270. The molecule has 4 rings (SSSR count). The fourth-order valence-electron chi connectivity index (χ4n) is 3.94. The molecule has 1 atom stereocenters. The first-order valence-electron chi connectivity index (χ1n) is 10.8. The standard InChI is InChI=1S/C26H27N3O2/c1-2-18-29-24(22-10-6-7-11-23(22)26(29)31)28-21-14-12-20(13-15-21)25(30)27-17-16-19-8-4-3-5-9-19/h3-15,24,28H,2,16-18H2,1H3,(H,27,30). The van der Waals surface area contributed by atoms with Gasteiger partial charge in [-0.2, -0.15) is 0 Å². The maximum atomic E-state index is 12.8. The minimum absolute atomic E-state index is 0.0596. The zero-order valence-electron chi connectivity index (χ0n) is 17.7. The summed E-state index contributed by atoms with van der Waals surface area (Å²) < 4.78 is 0. The monoisotopic (exact) mass is 413 g/mol. The summed E-state index contributed by atoms with van der Waals surface area (Å²) in [7, 11) is 0. The van der Waals surface area contributed by atoms with Crippen LogP contribution in [0.4, 0.5) is 5.69 Å². The van der Waals surface area contributed by atoms with E-state index in [0.717, 1.165) is 29.7 Å². The number of anilines is 1. The summed E-state index contributed by atoms with van der Waals surface area (Å²) in [6.07, 6.45) is 1.49. The van der Waals surface area contributed by atoms with Gasteiger partial charge in [-0.3, -0.25) is 9.59 Å². The first-order valence-corrected chi connectivity index (χ1v) is 10.8. The van der Waals surface area contributed by atoms with E-state index in [1.165, 1.54) is 5.56 Å². The molecule has 31 heavy (non-hydrogen) atoms. The molecule has 2 amide bonds. The molecule has 0 bridgehead atoms. The van der Waals surface area contributed by atoms with Crippen molar-refractivity contribution in [2.24, 2.45) is 0 Å². The summed E-state index contributed by atoms with van der Waals surface area (Å²) in [6, 6.07) is 25.2. The van der Waals surface area contributed by atoms with Gasteiger partial charge in [0, 0.05) is 35.5 Å². The summed E-state index contributed by atoms with van der Waals surface area (Å²) in [5.41, 5.74) is 4.43. The van der Waals surface area contributed by atoms with Crippen LogP contribution in [-0.2, 0) is 6.42 Å². The van der Waals surface area contributed by atoms with E-state index in [1.807, 2.05) is 71.6 Å². The molecule has 5 nitrogen and oxygen atoms in total. The Balaban J connectivity index is 1.40. The minimum atomic E-state index is -0.200. The molecule has 3 aromatic carbocycles. The quantitative estimate of drug-likeness (QED) is 0.566. The SMILES string of the molecule is CCCN1C(=O)c2ccccc2C1Nc1ccc(C(=O)NCCc2ccccc2)cc1. The summed E-state index contributed by atoms with van der Waals surface area (Å²) >= 11 is 0. The normalized spacial score (nSPS) is 14.9. The molecule has 1 unspecified atom stereocenters. The Hall–Kier alpha value is -3.60. The van der Waals surface area contributed by atoms with E-state index in [1.54, 1.807) is 0 Å². The molecule has 0 radical (unpaired) electrons. The van der Waals surface area contributed by atoms with Crippen LogP contribution >= 0.6 is 0 Å². The first-order chi connectivity index (χ1) is 15.2. The number of benzene rings is 3. The van der Waals surface area contributed by atoms with Crippen molar-refractivity contribution < 1.29 is 9.59 Å². The van der Waals surface area contributed by atoms with Crippen LogP contribution in [0.1, 0.15) is 51.4 Å². The molecular weight excluding hydrogens is 386 g/mol. The predicted molar refractivity (Wildman–Crippen MR) is 123 cm³/mol. The van der Waals surface area contributed by atoms with E-state index in [9.17, 15) is 9.59 Å². The number of nitrogens with one attached hydrogen (secondary N) is 2. The summed E-state index contributed by atoms with van der Waals surface area (Å²) in [6.45, 7) is 3.35. The number of fused-ring (bicyclic) bond motifs is 1. The Morgan fingerprint density at radius 1 is 0.935 bits per heavy atom. The van der Waals surface area contributed by atoms with E-state index in [0.29, 0.717) is 18.7 Å². The molecule has 0 spiro atoms. The molecule has 0 saturated heterocycles. The van der Waals surface area contributed by atoms with Crippen LogP contribution in [0.3, 0.4) is 0 Å². The van der Waals surface area contributed by atoms with E-state index < -0.39 is 0 Å². The molecule has 0 aromatic heterocycles. The molecule has 0 fully saturated rings. The van der Waals surface area contributed by atoms with Gasteiger partial charge in [0.05, 0.1) is 0 Å². The maximum Gasteiger partial charge on any atom is 0.256 e. The zero-order chi connectivity index (χ0) is 21.6. The maximum absolute atomic E-state index is 12.8. The van der Waals surface area contributed by atoms with Crippen molar-refractivity contribution in [3.63, 3.8) is 0 Å². The van der Waals surface area contributed by atoms with Crippen LogP contribution in [0.5, 0.6) is 0 Å².